The number of nitrogens with one attached hydrogen (secondary N) is 1. The molecule has 20 heavy (non-hydrogen) atoms. The number of carbonyl (C=O) groups excluding carboxylic acids is 1. The molecule has 4 rings (SSSR count). The van der Waals surface area contributed by atoms with Crippen molar-refractivity contribution in [1.29, 1.82) is 0 Å². The van der Waals surface area contributed by atoms with Gasteiger partial charge in [0.25, 0.3) is 0 Å². The Morgan fingerprint density at radius 3 is 3.05 bits per heavy atom. The van der Waals surface area contributed by atoms with Crippen molar-refractivity contribution in [3.05, 3.63) is 11.3 Å². The van der Waals surface area contributed by atoms with Crippen LogP contribution < -0.4 is 5.32 Å². The third-order valence-electron chi connectivity index (χ3n) is 6.48. The molecule has 1 saturated heterocycles. The average Bonchev–Trinajstić information content (AvgIpc) is 2.39. The lowest BCUT2D eigenvalue weighted by atomic mass is 9.52. The second-order valence-corrected chi connectivity index (χ2v) is 7.61. The maximum atomic E-state index is 11.8. The molecule has 1 amide bonds. The Labute approximate surface area is 121 Å². The van der Waals surface area contributed by atoms with Crippen LogP contribution in [-0.2, 0) is 4.79 Å². The first kappa shape index (κ1) is 12.9. The zero-order valence-corrected chi connectivity index (χ0v) is 12.7. The van der Waals surface area contributed by atoms with Gasteiger partial charge in [0.2, 0.25) is 5.91 Å². The van der Waals surface area contributed by atoms with Crippen molar-refractivity contribution in [2.45, 2.75) is 57.4 Å². The van der Waals surface area contributed by atoms with E-state index in [2.05, 4.69) is 24.2 Å². The van der Waals surface area contributed by atoms with E-state index in [0.29, 0.717) is 6.42 Å². The van der Waals surface area contributed by atoms with Crippen LogP contribution >= 0.6 is 0 Å². The molecule has 4 aliphatic rings. The minimum atomic E-state index is 0.239. The van der Waals surface area contributed by atoms with Crippen LogP contribution in [0.1, 0.15) is 51.9 Å². The van der Waals surface area contributed by atoms with Gasteiger partial charge in [0.05, 0.1) is 0 Å². The molecule has 0 aromatic rings. The molecule has 2 aliphatic heterocycles. The molecule has 4 atom stereocenters. The van der Waals surface area contributed by atoms with Crippen LogP contribution in [0.25, 0.3) is 0 Å². The zero-order chi connectivity index (χ0) is 13.9. The third-order valence-corrected chi connectivity index (χ3v) is 6.48. The molecule has 110 valence electrons. The van der Waals surface area contributed by atoms with Crippen molar-refractivity contribution >= 4 is 5.91 Å². The smallest absolute Gasteiger partial charge is 0.224 e. The number of hydrogen-bond donors (Lipinski definition) is 1. The standard InChI is InChI=1S/C17H26N2O/c1-11-8-12-9-15-14(5-6-16(20)18-15)17(10-11)13(12)4-3-7-19(17)2/h11-13H,3-10H2,1-2H3,(H,18,20)/t11-,12+,13-,17-/m1/s1. The van der Waals surface area contributed by atoms with Crippen molar-refractivity contribution in [1.82, 2.24) is 10.2 Å². The first-order chi connectivity index (χ1) is 9.61. The van der Waals surface area contributed by atoms with E-state index in [1.807, 2.05) is 0 Å². The molecule has 2 bridgehead atoms. The Kier molecular flexibility index (Phi) is 2.79. The van der Waals surface area contributed by atoms with E-state index in [1.165, 1.54) is 37.9 Å². The molecule has 0 radical (unpaired) electrons. The van der Waals surface area contributed by atoms with Gasteiger partial charge in [-0.15, -0.1) is 0 Å². The third kappa shape index (κ3) is 1.59. The number of rotatable bonds is 0. The molecule has 1 N–H and O–H groups in total. The minimum absolute atomic E-state index is 0.239. The maximum Gasteiger partial charge on any atom is 0.224 e. The quantitative estimate of drug-likeness (QED) is 0.736. The van der Waals surface area contributed by atoms with E-state index in [4.69, 9.17) is 0 Å². The van der Waals surface area contributed by atoms with Gasteiger partial charge in [0, 0.05) is 17.7 Å². The molecule has 3 nitrogen and oxygen atoms in total. The van der Waals surface area contributed by atoms with Crippen LogP contribution in [0.3, 0.4) is 0 Å². The summed E-state index contributed by atoms with van der Waals surface area (Å²) in [4.78, 5) is 14.4. The lowest BCUT2D eigenvalue weighted by Gasteiger charge is -2.62. The molecule has 0 aromatic heterocycles. The number of amides is 1. The lowest BCUT2D eigenvalue weighted by molar-refractivity contribution is -0.122. The number of nitrogens with zero attached hydrogens (tertiary/aromatic N) is 1. The van der Waals surface area contributed by atoms with Gasteiger partial charge in [0.15, 0.2) is 0 Å². The van der Waals surface area contributed by atoms with Gasteiger partial charge in [-0.25, -0.2) is 0 Å². The van der Waals surface area contributed by atoms with E-state index >= 15 is 0 Å². The molecule has 3 heteroatoms. The second kappa shape index (κ2) is 4.33. The normalized spacial score (nSPS) is 44.7. The molecular weight excluding hydrogens is 248 g/mol. The second-order valence-electron chi connectivity index (χ2n) is 7.61. The summed E-state index contributed by atoms with van der Waals surface area (Å²) in [6, 6.07) is 0. The fourth-order valence-electron chi connectivity index (χ4n) is 5.91. The van der Waals surface area contributed by atoms with Crippen molar-refractivity contribution in [3.8, 4) is 0 Å². The molecule has 2 fully saturated rings. The summed E-state index contributed by atoms with van der Waals surface area (Å²) in [5.74, 6) is 2.69. The summed E-state index contributed by atoms with van der Waals surface area (Å²) in [6.45, 7) is 3.65. The summed E-state index contributed by atoms with van der Waals surface area (Å²) >= 11 is 0. The first-order valence-electron chi connectivity index (χ1n) is 8.35. The average molecular weight is 274 g/mol. The predicted molar refractivity (Wildman–Crippen MR) is 79.0 cm³/mol. The van der Waals surface area contributed by atoms with E-state index in [1.54, 1.807) is 5.57 Å². The molecule has 0 spiro atoms. The van der Waals surface area contributed by atoms with Crippen LogP contribution in [0.5, 0.6) is 0 Å². The van der Waals surface area contributed by atoms with Crippen LogP contribution in [-0.4, -0.2) is 29.9 Å². The summed E-state index contributed by atoms with van der Waals surface area (Å²) in [5, 5.41) is 3.22. The molecule has 1 saturated carbocycles. The zero-order valence-electron chi connectivity index (χ0n) is 12.7. The summed E-state index contributed by atoms with van der Waals surface area (Å²) < 4.78 is 0. The molecule has 2 heterocycles. The fourth-order valence-corrected chi connectivity index (χ4v) is 5.91. The highest BCUT2D eigenvalue weighted by Crippen LogP contribution is 2.58. The van der Waals surface area contributed by atoms with Crippen LogP contribution in [0.15, 0.2) is 11.3 Å². The number of hydrogen-bond acceptors (Lipinski definition) is 2. The van der Waals surface area contributed by atoms with Crippen LogP contribution in [0.4, 0.5) is 0 Å². The number of piperidine rings is 1. The largest absolute Gasteiger partial charge is 0.330 e. The Hall–Kier alpha value is -0.830. The SMILES string of the molecule is C[C@@H]1C[C@H]2CC3=C(CCC(=O)N3)[C@@]3(C1)[C@@H]2CCCN3C. The molecular formula is C17H26N2O. The number of likely N-dealkylation sites (tertiary alicyclic amines) is 1. The topological polar surface area (TPSA) is 32.3 Å². The van der Waals surface area contributed by atoms with Crippen LogP contribution in [0.2, 0.25) is 0 Å². The van der Waals surface area contributed by atoms with Gasteiger partial charge in [-0.05, 0) is 75.4 Å². The van der Waals surface area contributed by atoms with Gasteiger partial charge in [-0.3, -0.25) is 9.69 Å². The monoisotopic (exact) mass is 274 g/mol. The van der Waals surface area contributed by atoms with Crippen molar-refractivity contribution < 1.29 is 4.79 Å². The summed E-state index contributed by atoms with van der Waals surface area (Å²) in [6.07, 6.45) is 8.23. The number of allylic oxidation sites excluding steroid dienone is 1. The van der Waals surface area contributed by atoms with E-state index < -0.39 is 0 Å². The summed E-state index contributed by atoms with van der Waals surface area (Å²) in [7, 11) is 2.33. The highest BCUT2D eigenvalue weighted by molar-refractivity contribution is 5.80. The van der Waals surface area contributed by atoms with E-state index in [-0.39, 0.29) is 11.4 Å². The number of likely N-dealkylation sites (N-methyl/N-ethyl adjacent to an activating group) is 1. The van der Waals surface area contributed by atoms with Gasteiger partial charge >= 0.3 is 0 Å². The number of carbonyl (C=O) groups is 1. The van der Waals surface area contributed by atoms with E-state index in [9.17, 15) is 4.79 Å². The van der Waals surface area contributed by atoms with E-state index in [0.717, 1.165) is 30.6 Å². The molecule has 0 aromatic carbocycles. The predicted octanol–water partition coefficient (Wildman–Crippen LogP) is 2.68. The maximum absolute atomic E-state index is 11.8. The van der Waals surface area contributed by atoms with Crippen molar-refractivity contribution in [2.75, 3.05) is 13.6 Å². The first-order valence-corrected chi connectivity index (χ1v) is 8.35. The van der Waals surface area contributed by atoms with Gasteiger partial charge in [-0.1, -0.05) is 6.92 Å². The van der Waals surface area contributed by atoms with Gasteiger partial charge in [0.1, 0.15) is 0 Å². The van der Waals surface area contributed by atoms with Crippen molar-refractivity contribution in [3.63, 3.8) is 0 Å². The van der Waals surface area contributed by atoms with Gasteiger partial charge in [-0.2, -0.15) is 0 Å². The summed E-state index contributed by atoms with van der Waals surface area (Å²) in [5.41, 5.74) is 3.19. The lowest BCUT2D eigenvalue weighted by Crippen LogP contribution is -2.64. The van der Waals surface area contributed by atoms with Crippen LogP contribution in [0, 0.1) is 17.8 Å². The molecule has 0 unspecified atom stereocenters. The Morgan fingerprint density at radius 2 is 2.20 bits per heavy atom. The highest BCUT2D eigenvalue weighted by Gasteiger charge is 2.57. The molecule has 2 aliphatic carbocycles. The Morgan fingerprint density at radius 1 is 1.35 bits per heavy atom. The van der Waals surface area contributed by atoms with Crippen molar-refractivity contribution in [2.24, 2.45) is 17.8 Å². The van der Waals surface area contributed by atoms with Gasteiger partial charge < -0.3 is 5.32 Å². The highest BCUT2D eigenvalue weighted by atomic mass is 16.1. The fraction of sp³-hybridized carbons (Fsp3) is 0.824. The Bertz CT molecular complexity index is 483. The Balaban J connectivity index is 1.85. The minimum Gasteiger partial charge on any atom is -0.330 e.